The molecule has 138 valence electrons. The number of aryl methyl sites for hydroxylation is 1. The molecular formula is C21H21FN4O. The molecule has 0 N–H and O–H groups in total. The Morgan fingerprint density at radius 1 is 1.11 bits per heavy atom. The molecule has 1 saturated heterocycles. The first-order valence-corrected chi connectivity index (χ1v) is 9.11. The molecule has 3 aromatic rings. The summed E-state index contributed by atoms with van der Waals surface area (Å²) in [5.41, 5.74) is 4.06. The maximum absolute atomic E-state index is 13.2. The second-order valence-corrected chi connectivity index (χ2v) is 6.92. The van der Waals surface area contributed by atoms with E-state index in [2.05, 4.69) is 29.4 Å². The molecule has 2 heterocycles. The summed E-state index contributed by atoms with van der Waals surface area (Å²) in [6.45, 7) is 4.60. The van der Waals surface area contributed by atoms with E-state index in [1.54, 1.807) is 16.8 Å². The molecule has 27 heavy (non-hydrogen) atoms. The highest BCUT2D eigenvalue weighted by molar-refractivity contribution is 5.93. The van der Waals surface area contributed by atoms with Crippen molar-refractivity contribution in [1.29, 1.82) is 0 Å². The molecule has 1 fully saturated rings. The van der Waals surface area contributed by atoms with Crippen LogP contribution in [0.25, 0.3) is 5.69 Å². The zero-order chi connectivity index (χ0) is 19.0. The van der Waals surface area contributed by atoms with Gasteiger partial charge in [-0.3, -0.25) is 4.79 Å². The molecule has 5 nitrogen and oxygen atoms in total. The smallest absolute Gasteiger partial charge is 0.276 e. The Morgan fingerprint density at radius 3 is 2.59 bits per heavy atom. The average Bonchev–Trinajstić information content (AvgIpc) is 3.29. The Hall–Kier alpha value is -3.02. The van der Waals surface area contributed by atoms with Gasteiger partial charge in [-0.15, -0.1) is 5.10 Å². The number of likely N-dealkylation sites (tertiary alicyclic amines) is 1. The van der Waals surface area contributed by atoms with E-state index in [9.17, 15) is 9.18 Å². The quantitative estimate of drug-likeness (QED) is 0.706. The fourth-order valence-corrected chi connectivity index (χ4v) is 3.78. The van der Waals surface area contributed by atoms with Crippen molar-refractivity contribution in [3.63, 3.8) is 0 Å². The van der Waals surface area contributed by atoms with Crippen molar-refractivity contribution in [2.24, 2.45) is 0 Å². The van der Waals surface area contributed by atoms with Crippen molar-refractivity contribution in [2.45, 2.75) is 32.7 Å². The van der Waals surface area contributed by atoms with Crippen LogP contribution in [-0.2, 0) is 0 Å². The molecule has 1 aromatic heterocycles. The third-order valence-electron chi connectivity index (χ3n) is 5.23. The fraction of sp³-hybridized carbons (Fsp3) is 0.286. The lowest BCUT2D eigenvalue weighted by Crippen LogP contribution is -2.31. The van der Waals surface area contributed by atoms with E-state index < -0.39 is 0 Å². The van der Waals surface area contributed by atoms with Gasteiger partial charge in [0.1, 0.15) is 5.82 Å². The predicted octanol–water partition coefficient (Wildman–Crippen LogP) is 4.00. The number of aromatic nitrogens is 3. The molecule has 0 aliphatic carbocycles. The van der Waals surface area contributed by atoms with E-state index in [-0.39, 0.29) is 17.8 Å². The Bertz CT molecular complexity index is 980. The van der Waals surface area contributed by atoms with Gasteiger partial charge in [-0.05, 0) is 62.1 Å². The summed E-state index contributed by atoms with van der Waals surface area (Å²) >= 11 is 0. The van der Waals surface area contributed by atoms with Gasteiger partial charge in [-0.25, -0.2) is 9.07 Å². The highest BCUT2D eigenvalue weighted by Crippen LogP contribution is 2.34. The minimum absolute atomic E-state index is 0.0640. The highest BCUT2D eigenvalue weighted by Gasteiger charge is 2.33. The molecule has 1 aliphatic heterocycles. The highest BCUT2D eigenvalue weighted by atomic mass is 19.1. The van der Waals surface area contributed by atoms with E-state index in [4.69, 9.17) is 0 Å². The molecule has 0 spiro atoms. The first-order chi connectivity index (χ1) is 13.1. The number of benzene rings is 2. The van der Waals surface area contributed by atoms with Gasteiger partial charge in [0, 0.05) is 6.54 Å². The van der Waals surface area contributed by atoms with Crippen LogP contribution < -0.4 is 0 Å². The van der Waals surface area contributed by atoms with Gasteiger partial charge in [0.25, 0.3) is 5.91 Å². The second kappa shape index (κ2) is 6.95. The lowest BCUT2D eigenvalue weighted by atomic mass is 9.99. The van der Waals surface area contributed by atoms with Crippen LogP contribution in [0.1, 0.15) is 46.2 Å². The SMILES string of the molecule is Cc1ccccc1C1CCCN1C(=O)c1nnn(-c2ccc(F)cc2)c1C. The van der Waals surface area contributed by atoms with E-state index in [0.29, 0.717) is 23.6 Å². The number of carbonyl (C=O) groups excluding carboxylic acids is 1. The van der Waals surface area contributed by atoms with Crippen LogP contribution in [0.3, 0.4) is 0 Å². The second-order valence-electron chi connectivity index (χ2n) is 6.92. The van der Waals surface area contributed by atoms with Gasteiger partial charge in [0.05, 0.1) is 17.4 Å². The lowest BCUT2D eigenvalue weighted by Gasteiger charge is -2.25. The summed E-state index contributed by atoms with van der Waals surface area (Å²) in [5.74, 6) is -0.419. The number of rotatable bonds is 3. The number of carbonyl (C=O) groups is 1. The molecule has 2 aromatic carbocycles. The van der Waals surface area contributed by atoms with Gasteiger partial charge in [0.2, 0.25) is 0 Å². The average molecular weight is 364 g/mol. The molecule has 0 saturated carbocycles. The van der Waals surface area contributed by atoms with Crippen molar-refractivity contribution < 1.29 is 9.18 Å². The summed E-state index contributed by atoms with van der Waals surface area (Å²) in [6, 6.07) is 14.2. The molecule has 0 radical (unpaired) electrons. The Labute approximate surface area is 157 Å². The van der Waals surface area contributed by atoms with Crippen LogP contribution in [0.5, 0.6) is 0 Å². The summed E-state index contributed by atoms with van der Waals surface area (Å²) in [7, 11) is 0. The molecule has 0 bridgehead atoms. The lowest BCUT2D eigenvalue weighted by molar-refractivity contribution is 0.0728. The summed E-state index contributed by atoms with van der Waals surface area (Å²) in [4.78, 5) is 15.1. The Morgan fingerprint density at radius 2 is 1.85 bits per heavy atom. The van der Waals surface area contributed by atoms with E-state index in [1.807, 2.05) is 24.0 Å². The van der Waals surface area contributed by atoms with Crippen LogP contribution in [-0.4, -0.2) is 32.3 Å². The number of nitrogens with zero attached hydrogens (tertiary/aromatic N) is 4. The molecule has 6 heteroatoms. The molecule has 1 aliphatic rings. The number of amides is 1. The Balaban J connectivity index is 1.65. The number of hydrogen-bond donors (Lipinski definition) is 0. The maximum Gasteiger partial charge on any atom is 0.276 e. The summed E-state index contributed by atoms with van der Waals surface area (Å²) in [6.07, 6.45) is 1.91. The fourth-order valence-electron chi connectivity index (χ4n) is 3.78. The van der Waals surface area contributed by atoms with E-state index in [1.165, 1.54) is 23.3 Å². The number of halogens is 1. The maximum atomic E-state index is 13.2. The van der Waals surface area contributed by atoms with E-state index in [0.717, 1.165) is 12.8 Å². The molecule has 1 unspecified atom stereocenters. The standard InChI is InChI=1S/C21H21FN4O/c1-14-6-3-4-7-18(14)19-8-5-13-25(19)21(27)20-15(2)26(24-23-20)17-11-9-16(22)10-12-17/h3-4,6-7,9-12,19H,5,8,13H2,1-2H3. The van der Waals surface area contributed by atoms with Crippen LogP contribution in [0.15, 0.2) is 48.5 Å². The van der Waals surface area contributed by atoms with Gasteiger partial charge in [-0.2, -0.15) is 0 Å². The van der Waals surface area contributed by atoms with Crippen LogP contribution in [0.2, 0.25) is 0 Å². The van der Waals surface area contributed by atoms with Gasteiger partial charge < -0.3 is 4.90 Å². The van der Waals surface area contributed by atoms with Gasteiger partial charge >= 0.3 is 0 Å². The van der Waals surface area contributed by atoms with Crippen molar-refractivity contribution in [3.05, 3.63) is 76.9 Å². The third-order valence-corrected chi connectivity index (χ3v) is 5.23. The summed E-state index contributed by atoms with van der Waals surface area (Å²) < 4.78 is 14.7. The van der Waals surface area contributed by atoms with Crippen molar-refractivity contribution in [1.82, 2.24) is 19.9 Å². The monoisotopic (exact) mass is 364 g/mol. The molecule has 4 rings (SSSR count). The topological polar surface area (TPSA) is 51.0 Å². The van der Waals surface area contributed by atoms with Crippen LogP contribution in [0.4, 0.5) is 4.39 Å². The van der Waals surface area contributed by atoms with Crippen LogP contribution in [0, 0.1) is 19.7 Å². The van der Waals surface area contributed by atoms with E-state index >= 15 is 0 Å². The molecule has 1 amide bonds. The zero-order valence-corrected chi connectivity index (χ0v) is 15.4. The normalized spacial score (nSPS) is 16.7. The minimum Gasteiger partial charge on any atom is -0.330 e. The predicted molar refractivity (Wildman–Crippen MR) is 100 cm³/mol. The molecular weight excluding hydrogens is 343 g/mol. The third kappa shape index (κ3) is 3.12. The first-order valence-electron chi connectivity index (χ1n) is 9.11. The minimum atomic E-state index is -0.314. The van der Waals surface area contributed by atoms with Crippen molar-refractivity contribution >= 4 is 5.91 Å². The largest absolute Gasteiger partial charge is 0.330 e. The van der Waals surface area contributed by atoms with Crippen LogP contribution >= 0.6 is 0 Å². The summed E-state index contributed by atoms with van der Waals surface area (Å²) in [5, 5.41) is 8.26. The van der Waals surface area contributed by atoms with Crippen molar-refractivity contribution in [3.8, 4) is 5.69 Å². The number of hydrogen-bond acceptors (Lipinski definition) is 3. The zero-order valence-electron chi connectivity index (χ0n) is 15.4. The van der Waals surface area contributed by atoms with Crippen molar-refractivity contribution in [2.75, 3.05) is 6.54 Å². The Kier molecular flexibility index (Phi) is 4.48. The molecule has 1 atom stereocenters. The van der Waals surface area contributed by atoms with Gasteiger partial charge in [0.15, 0.2) is 5.69 Å². The first kappa shape index (κ1) is 17.4. The van der Waals surface area contributed by atoms with Gasteiger partial charge in [-0.1, -0.05) is 29.5 Å².